The highest BCUT2D eigenvalue weighted by atomic mass is 79.9. The maximum Gasteiger partial charge on any atom is 0.135 e. The van der Waals surface area contributed by atoms with Gasteiger partial charge in [-0.25, -0.2) is 9.97 Å². The molecule has 5 heteroatoms. The molecule has 0 radical (unpaired) electrons. The normalized spacial score (nSPS) is 10.6. The molecule has 0 saturated carbocycles. The van der Waals surface area contributed by atoms with E-state index in [1.165, 1.54) is 11.1 Å². The standard InChI is InChI=1S/C14H15Br2N3/c1-4-12-18-11(15)7-13(19-12)17-10-5-8(2)14(16)9(3)6-10/h5-7H,4H2,1-3H3,(H,17,18,19). The summed E-state index contributed by atoms with van der Waals surface area (Å²) in [6.45, 7) is 6.20. The molecule has 0 aliphatic heterocycles. The van der Waals surface area contributed by atoms with Crippen LogP contribution in [-0.4, -0.2) is 9.97 Å². The van der Waals surface area contributed by atoms with E-state index < -0.39 is 0 Å². The molecule has 2 aromatic rings. The van der Waals surface area contributed by atoms with Crippen molar-refractivity contribution in [2.24, 2.45) is 0 Å². The van der Waals surface area contributed by atoms with Crippen LogP contribution in [0.1, 0.15) is 23.9 Å². The summed E-state index contributed by atoms with van der Waals surface area (Å²) in [4.78, 5) is 8.77. The van der Waals surface area contributed by atoms with Gasteiger partial charge in [0.25, 0.3) is 0 Å². The predicted octanol–water partition coefficient (Wildman–Crippen LogP) is 4.92. The van der Waals surface area contributed by atoms with Gasteiger partial charge in [-0.15, -0.1) is 0 Å². The molecule has 3 nitrogen and oxygen atoms in total. The summed E-state index contributed by atoms with van der Waals surface area (Å²) < 4.78 is 1.95. The highest BCUT2D eigenvalue weighted by Gasteiger charge is 2.05. The van der Waals surface area contributed by atoms with Crippen LogP contribution in [0.2, 0.25) is 0 Å². The second-order valence-corrected chi connectivity index (χ2v) is 6.00. The van der Waals surface area contributed by atoms with Crippen LogP contribution in [-0.2, 0) is 6.42 Å². The largest absolute Gasteiger partial charge is 0.340 e. The summed E-state index contributed by atoms with van der Waals surface area (Å²) >= 11 is 6.98. The number of aromatic nitrogens is 2. The van der Waals surface area contributed by atoms with Crippen LogP contribution in [0.5, 0.6) is 0 Å². The minimum absolute atomic E-state index is 0.799. The number of aryl methyl sites for hydroxylation is 3. The number of benzene rings is 1. The molecule has 1 aromatic carbocycles. The fraction of sp³-hybridized carbons (Fsp3) is 0.286. The second-order valence-electron chi connectivity index (χ2n) is 4.39. The van der Waals surface area contributed by atoms with Crippen molar-refractivity contribution in [1.29, 1.82) is 0 Å². The summed E-state index contributed by atoms with van der Waals surface area (Å²) in [5.74, 6) is 1.63. The van der Waals surface area contributed by atoms with Gasteiger partial charge in [0.2, 0.25) is 0 Å². The van der Waals surface area contributed by atoms with Gasteiger partial charge in [-0.1, -0.05) is 22.9 Å². The van der Waals surface area contributed by atoms with Gasteiger partial charge in [0, 0.05) is 22.6 Å². The van der Waals surface area contributed by atoms with Crippen molar-refractivity contribution in [3.63, 3.8) is 0 Å². The lowest BCUT2D eigenvalue weighted by Gasteiger charge is -2.11. The van der Waals surface area contributed by atoms with E-state index in [0.29, 0.717) is 0 Å². The number of rotatable bonds is 3. The molecule has 0 amide bonds. The Morgan fingerprint density at radius 3 is 2.26 bits per heavy atom. The Bertz CT molecular complexity index is 589. The molecule has 0 atom stereocenters. The van der Waals surface area contributed by atoms with Crippen LogP contribution >= 0.6 is 31.9 Å². The Kier molecular flexibility index (Phi) is 4.58. The zero-order valence-electron chi connectivity index (χ0n) is 11.1. The zero-order chi connectivity index (χ0) is 14.0. The first-order valence-electron chi connectivity index (χ1n) is 6.07. The number of hydrogen-bond donors (Lipinski definition) is 1. The SMILES string of the molecule is CCc1nc(Br)cc(Nc2cc(C)c(Br)c(C)c2)n1. The Hall–Kier alpha value is -0.940. The van der Waals surface area contributed by atoms with Gasteiger partial charge in [0.15, 0.2) is 0 Å². The number of hydrogen-bond acceptors (Lipinski definition) is 3. The summed E-state index contributed by atoms with van der Waals surface area (Å²) in [6.07, 6.45) is 0.812. The highest BCUT2D eigenvalue weighted by molar-refractivity contribution is 9.10. The average Bonchev–Trinajstić information content (AvgIpc) is 2.35. The molecule has 100 valence electrons. The lowest BCUT2D eigenvalue weighted by atomic mass is 10.1. The third-order valence-electron chi connectivity index (χ3n) is 2.77. The van der Waals surface area contributed by atoms with Gasteiger partial charge in [0.1, 0.15) is 16.2 Å². The maximum atomic E-state index is 4.47. The van der Waals surface area contributed by atoms with Gasteiger partial charge >= 0.3 is 0 Å². The number of halogens is 2. The lowest BCUT2D eigenvalue weighted by molar-refractivity contribution is 0.931. The van der Waals surface area contributed by atoms with Crippen molar-refractivity contribution in [3.8, 4) is 0 Å². The Balaban J connectivity index is 2.33. The van der Waals surface area contributed by atoms with Crippen LogP contribution in [0.4, 0.5) is 11.5 Å². The monoisotopic (exact) mass is 383 g/mol. The Labute approximate surface area is 130 Å². The molecule has 0 aliphatic carbocycles. The first-order chi connectivity index (χ1) is 8.99. The molecule has 1 heterocycles. The van der Waals surface area contributed by atoms with Gasteiger partial charge in [-0.3, -0.25) is 0 Å². The lowest BCUT2D eigenvalue weighted by Crippen LogP contribution is -2.00. The number of nitrogens with one attached hydrogen (secondary N) is 1. The first kappa shape index (κ1) is 14.5. The van der Waals surface area contributed by atoms with Crippen LogP contribution in [0.3, 0.4) is 0 Å². The van der Waals surface area contributed by atoms with Gasteiger partial charge in [-0.2, -0.15) is 0 Å². The van der Waals surface area contributed by atoms with E-state index >= 15 is 0 Å². The zero-order valence-corrected chi connectivity index (χ0v) is 14.3. The topological polar surface area (TPSA) is 37.8 Å². The molecule has 19 heavy (non-hydrogen) atoms. The van der Waals surface area contributed by atoms with Crippen LogP contribution < -0.4 is 5.32 Å². The molecule has 0 saturated heterocycles. The van der Waals surface area contributed by atoms with Crippen molar-refractivity contribution in [2.45, 2.75) is 27.2 Å². The molecule has 0 bridgehead atoms. The van der Waals surface area contributed by atoms with Crippen LogP contribution in [0.15, 0.2) is 27.3 Å². The van der Waals surface area contributed by atoms with Gasteiger partial charge < -0.3 is 5.32 Å². The van der Waals surface area contributed by atoms with Crippen molar-refractivity contribution < 1.29 is 0 Å². The van der Waals surface area contributed by atoms with Crippen molar-refractivity contribution in [1.82, 2.24) is 9.97 Å². The Morgan fingerprint density at radius 2 is 1.68 bits per heavy atom. The molecule has 1 aromatic heterocycles. The van der Waals surface area contributed by atoms with E-state index in [2.05, 4.69) is 73.1 Å². The average molecular weight is 385 g/mol. The maximum absolute atomic E-state index is 4.47. The summed E-state index contributed by atoms with van der Waals surface area (Å²) in [6, 6.07) is 6.07. The smallest absolute Gasteiger partial charge is 0.135 e. The second kappa shape index (κ2) is 6.01. The number of anilines is 2. The van der Waals surface area contributed by atoms with E-state index in [1.807, 2.05) is 13.0 Å². The predicted molar refractivity (Wildman–Crippen MR) is 86.0 cm³/mol. The van der Waals surface area contributed by atoms with E-state index in [0.717, 1.165) is 32.8 Å². The number of nitrogens with zero attached hydrogens (tertiary/aromatic N) is 2. The first-order valence-corrected chi connectivity index (χ1v) is 7.65. The van der Waals surface area contributed by atoms with E-state index in [1.54, 1.807) is 0 Å². The Morgan fingerprint density at radius 1 is 1.05 bits per heavy atom. The summed E-state index contributed by atoms with van der Waals surface area (Å²) in [5, 5.41) is 3.33. The molecule has 0 spiro atoms. The van der Waals surface area contributed by atoms with Crippen molar-refractivity contribution in [3.05, 3.63) is 44.2 Å². The third kappa shape index (κ3) is 3.54. The molecule has 0 unspecified atom stereocenters. The highest BCUT2D eigenvalue weighted by Crippen LogP contribution is 2.27. The van der Waals surface area contributed by atoms with Gasteiger partial charge in [0.05, 0.1) is 0 Å². The third-order valence-corrected chi connectivity index (χ3v) is 4.42. The summed E-state index contributed by atoms with van der Waals surface area (Å²) in [7, 11) is 0. The molecule has 1 N–H and O–H groups in total. The minimum atomic E-state index is 0.799. The molecule has 0 fully saturated rings. The molecular weight excluding hydrogens is 370 g/mol. The molecular formula is C14H15Br2N3. The molecule has 2 rings (SSSR count). The van der Waals surface area contributed by atoms with Gasteiger partial charge in [-0.05, 0) is 53.0 Å². The van der Waals surface area contributed by atoms with E-state index in [-0.39, 0.29) is 0 Å². The minimum Gasteiger partial charge on any atom is -0.340 e. The fourth-order valence-electron chi connectivity index (χ4n) is 1.85. The molecule has 0 aliphatic rings. The van der Waals surface area contributed by atoms with E-state index in [9.17, 15) is 0 Å². The van der Waals surface area contributed by atoms with E-state index in [4.69, 9.17) is 0 Å². The fourth-order valence-corrected chi connectivity index (χ4v) is 2.50. The van der Waals surface area contributed by atoms with Crippen LogP contribution in [0.25, 0.3) is 0 Å². The van der Waals surface area contributed by atoms with Crippen LogP contribution in [0, 0.1) is 13.8 Å². The van der Waals surface area contributed by atoms with Crippen molar-refractivity contribution in [2.75, 3.05) is 5.32 Å². The summed E-state index contributed by atoms with van der Waals surface area (Å²) in [5.41, 5.74) is 3.43. The van der Waals surface area contributed by atoms with Crippen molar-refractivity contribution >= 4 is 43.4 Å². The quantitative estimate of drug-likeness (QED) is 0.762.